The quantitative estimate of drug-likeness (QED) is 0.272. The maximum absolute atomic E-state index is 11.7. The number of likely N-dealkylation sites (N-methyl/N-ethyl adjacent to an activating group) is 1. The Morgan fingerprint density at radius 1 is 0.714 bits per heavy atom. The van der Waals surface area contributed by atoms with E-state index in [1.165, 1.54) is 44.9 Å². The van der Waals surface area contributed by atoms with Crippen LogP contribution < -0.4 is 10.6 Å². The molecule has 3 N–H and O–H groups in total. The van der Waals surface area contributed by atoms with Crippen LogP contribution in [0.15, 0.2) is 0 Å². The molecule has 28 heavy (non-hydrogen) atoms. The van der Waals surface area contributed by atoms with Crippen LogP contribution in [0, 0.1) is 0 Å². The maximum atomic E-state index is 11.7. The minimum atomic E-state index is -0.690. The Labute approximate surface area is 170 Å². The minimum absolute atomic E-state index is 0.0269. The molecule has 2 amide bonds. The van der Waals surface area contributed by atoms with Gasteiger partial charge >= 0.3 is 5.97 Å². The van der Waals surface area contributed by atoms with Crippen LogP contribution >= 0.6 is 0 Å². The van der Waals surface area contributed by atoms with E-state index in [9.17, 15) is 14.4 Å². The number of carbonyl (C=O) groups is 3. The monoisotopic (exact) mass is 400 g/mol. The van der Waals surface area contributed by atoms with E-state index in [0.717, 1.165) is 32.1 Å². The van der Waals surface area contributed by atoms with Crippen LogP contribution in [0.5, 0.6) is 0 Å². The standard InChI is InChI=1S/C21H40N2O5/c1-22-20(25)18-28-17-16-23-19(24)14-12-10-8-6-4-2-3-5-7-9-11-13-15-21(26)27/h2-18H2,1H3,(H,22,25)(H,23,24)(H,26,27). The van der Waals surface area contributed by atoms with Crippen molar-refractivity contribution in [1.29, 1.82) is 0 Å². The van der Waals surface area contributed by atoms with E-state index in [1.807, 2.05) is 0 Å². The zero-order valence-electron chi connectivity index (χ0n) is 17.6. The van der Waals surface area contributed by atoms with Crippen molar-refractivity contribution in [2.24, 2.45) is 0 Å². The number of amides is 2. The molecule has 0 fully saturated rings. The van der Waals surface area contributed by atoms with Crippen LogP contribution in [0.4, 0.5) is 0 Å². The molecule has 0 spiro atoms. The van der Waals surface area contributed by atoms with Crippen LogP contribution in [0.25, 0.3) is 0 Å². The highest BCUT2D eigenvalue weighted by molar-refractivity contribution is 5.77. The van der Waals surface area contributed by atoms with Gasteiger partial charge in [-0.3, -0.25) is 14.4 Å². The molecule has 7 heteroatoms. The molecule has 0 heterocycles. The van der Waals surface area contributed by atoms with E-state index in [2.05, 4.69) is 10.6 Å². The van der Waals surface area contributed by atoms with Gasteiger partial charge in [0, 0.05) is 26.4 Å². The predicted octanol–water partition coefficient (Wildman–Crippen LogP) is 3.41. The first kappa shape index (κ1) is 26.4. The summed E-state index contributed by atoms with van der Waals surface area (Å²) in [6, 6.07) is 0. The molecule has 0 radical (unpaired) electrons. The van der Waals surface area contributed by atoms with Crippen molar-refractivity contribution >= 4 is 17.8 Å². The predicted molar refractivity (Wildman–Crippen MR) is 110 cm³/mol. The Morgan fingerprint density at radius 2 is 1.18 bits per heavy atom. The van der Waals surface area contributed by atoms with E-state index >= 15 is 0 Å². The van der Waals surface area contributed by atoms with Gasteiger partial charge in [0.05, 0.1) is 6.61 Å². The fraction of sp³-hybridized carbons (Fsp3) is 0.857. The number of ether oxygens (including phenoxy) is 1. The zero-order chi connectivity index (χ0) is 20.9. The van der Waals surface area contributed by atoms with E-state index in [0.29, 0.717) is 26.0 Å². The topological polar surface area (TPSA) is 105 Å². The first-order valence-corrected chi connectivity index (χ1v) is 10.8. The van der Waals surface area contributed by atoms with Crippen molar-refractivity contribution in [1.82, 2.24) is 10.6 Å². The van der Waals surface area contributed by atoms with E-state index in [1.54, 1.807) is 7.05 Å². The number of nitrogens with one attached hydrogen (secondary N) is 2. The molecule has 0 saturated heterocycles. The molecule has 0 atom stereocenters. The summed E-state index contributed by atoms with van der Waals surface area (Å²) < 4.78 is 5.12. The average molecular weight is 401 g/mol. The molecule has 164 valence electrons. The zero-order valence-corrected chi connectivity index (χ0v) is 17.6. The van der Waals surface area contributed by atoms with Gasteiger partial charge in [-0.05, 0) is 12.8 Å². The van der Waals surface area contributed by atoms with Crippen molar-refractivity contribution in [3.05, 3.63) is 0 Å². The van der Waals surface area contributed by atoms with Gasteiger partial charge < -0.3 is 20.5 Å². The Morgan fingerprint density at radius 3 is 1.64 bits per heavy atom. The van der Waals surface area contributed by atoms with E-state index < -0.39 is 5.97 Å². The largest absolute Gasteiger partial charge is 0.481 e. The van der Waals surface area contributed by atoms with E-state index in [-0.39, 0.29) is 18.4 Å². The fourth-order valence-corrected chi connectivity index (χ4v) is 2.92. The van der Waals surface area contributed by atoms with Crippen molar-refractivity contribution in [2.45, 2.75) is 89.9 Å². The Hall–Kier alpha value is -1.63. The fourth-order valence-electron chi connectivity index (χ4n) is 2.92. The number of carboxylic acid groups (broad SMARTS) is 1. The summed E-state index contributed by atoms with van der Waals surface area (Å²) in [5.41, 5.74) is 0. The van der Waals surface area contributed by atoms with Crippen molar-refractivity contribution < 1.29 is 24.2 Å². The van der Waals surface area contributed by atoms with Gasteiger partial charge in [0.2, 0.25) is 11.8 Å². The lowest BCUT2D eigenvalue weighted by molar-refractivity contribution is -0.137. The molecule has 0 aromatic heterocycles. The lowest BCUT2D eigenvalue weighted by Gasteiger charge is -2.06. The molecule has 0 aromatic carbocycles. The maximum Gasteiger partial charge on any atom is 0.303 e. The summed E-state index contributed by atoms with van der Waals surface area (Å²) in [4.78, 5) is 33.0. The highest BCUT2D eigenvalue weighted by atomic mass is 16.5. The number of aliphatic carboxylic acids is 1. The molecular weight excluding hydrogens is 360 g/mol. The molecule has 0 bridgehead atoms. The molecule has 0 saturated carbocycles. The van der Waals surface area contributed by atoms with Crippen molar-refractivity contribution in [2.75, 3.05) is 26.8 Å². The van der Waals surface area contributed by atoms with E-state index in [4.69, 9.17) is 9.84 Å². The summed E-state index contributed by atoms with van der Waals surface area (Å²) in [6.07, 6.45) is 14.5. The lowest BCUT2D eigenvalue weighted by atomic mass is 10.0. The van der Waals surface area contributed by atoms with Gasteiger partial charge in [-0.25, -0.2) is 0 Å². The molecule has 0 aliphatic rings. The summed E-state index contributed by atoms with van der Waals surface area (Å²) in [5, 5.41) is 13.8. The third-order valence-electron chi connectivity index (χ3n) is 4.63. The Balaban J connectivity index is 3.19. The number of rotatable bonds is 20. The molecule has 7 nitrogen and oxygen atoms in total. The number of unbranched alkanes of at least 4 members (excludes halogenated alkanes) is 11. The van der Waals surface area contributed by atoms with Crippen LogP contribution in [-0.4, -0.2) is 49.7 Å². The lowest BCUT2D eigenvalue weighted by Crippen LogP contribution is -2.29. The van der Waals surface area contributed by atoms with Crippen molar-refractivity contribution in [3.8, 4) is 0 Å². The number of carbonyl (C=O) groups excluding carboxylic acids is 2. The molecular formula is C21H40N2O5. The van der Waals surface area contributed by atoms with Crippen LogP contribution in [0.2, 0.25) is 0 Å². The SMILES string of the molecule is CNC(=O)COCCNC(=O)CCCCCCCCCCCCCCC(=O)O. The molecule has 0 aromatic rings. The van der Waals surface area contributed by atoms with Gasteiger partial charge in [-0.2, -0.15) is 0 Å². The van der Waals surface area contributed by atoms with Crippen molar-refractivity contribution in [3.63, 3.8) is 0 Å². The average Bonchev–Trinajstić information content (AvgIpc) is 2.67. The summed E-state index contributed by atoms with van der Waals surface area (Å²) in [7, 11) is 1.56. The van der Waals surface area contributed by atoms with Crippen LogP contribution in [-0.2, 0) is 19.1 Å². The van der Waals surface area contributed by atoms with Crippen LogP contribution in [0.1, 0.15) is 89.9 Å². The van der Waals surface area contributed by atoms with Gasteiger partial charge in [-0.1, -0.05) is 64.2 Å². The highest BCUT2D eigenvalue weighted by Crippen LogP contribution is 2.12. The summed E-state index contributed by atoms with van der Waals surface area (Å²) in [5.74, 6) is -0.809. The van der Waals surface area contributed by atoms with Crippen LogP contribution in [0.3, 0.4) is 0 Å². The third-order valence-corrected chi connectivity index (χ3v) is 4.63. The molecule has 0 aliphatic carbocycles. The summed E-state index contributed by atoms with van der Waals surface area (Å²) in [6.45, 7) is 0.816. The van der Waals surface area contributed by atoms with Gasteiger partial charge in [0.1, 0.15) is 6.61 Å². The number of hydrogen-bond donors (Lipinski definition) is 3. The molecule has 0 aliphatic heterocycles. The Bertz CT molecular complexity index is 416. The third kappa shape index (κ3) is 20.7. The molecule has 0 rings (SSSR count). The second-order valence-corrected chi connectivity index (χ2v) is 7.21. The second-order valence-electron chi connectivity index (χ2n) is 7.21. The van der Waals surface area contributed by atoms with Gasteiger partial charge in [-0.15, -0.1) is 0 Å². The number of hydrogen-bond acceptors (Lipinski definition) is 4. The smallest absolute Gasteiger partial charge is 0.303 e. The minimum Gasteiger partial charge on any atom is -0.481 e. The highest BCUT2D eigenvalue weighted by Gasteiger charge is 2.02. The number of carboxylic acids is 1. The molecule has 0 unspecified atom stereocenters. The van der Waals surface area contributed by atoms with Gasteiger partial charge in [0.25, 0.3) is 0 Å². The second kappa shape index (κ2) is 20.1. The van der Waals surface area contributed by atoms with Gasteiger partial charge in [0.15, 0.2) is 0 Å². The normalized spacial score (nSPS) is 10.6. The summed E-state index contributed by atoms with van der Waals surface area (Å²) >= 11 is 0. The first-order valence-electron chi connectivity index (χ1n) is 10.8. The Kier molecular flexibility index (Phi) is 18.9. The first-order chi connectivity index (χ1) is 13.6.